The average molecular weight is 453 g/mol. The van der Waals surface area contributed by atoms with E-state index in [9.17, 15) is 4.79 Å². The largest absolute Gasteiger partial charge is 0.497 e. The summed E-state index contributed by atoms with van der Waals surface area (Å²) in [6.45, 7) is 5.62. The second-order valence-corrected chi connectivity index (χ2v) is 8.75. The lowest BCUT2D eigenvalue weighted by Crippen LogP contribution is -2.38. The first-order valence-corrected chi connectivity index (χ1v) is 11.4. The van der Waals surface area contributed by atoms with Crippen molar-refractivity contribution in [3.8, 4) is 11.4 Å². The van der Waals surface area contributed by atoms with E-state index in [0.717, 1.165) is 49.6 Å². The van der Waals surface area contributed by atoms with Crippen molar-refractivity contribution in [2.45, 2.75) is 26.3 Å². The van der Waals surface area contributed by atoms with Crippen LogP contribution in [0.5, 0.6) is 5.75 Å². The van der Waals surface area contributed by atoms with Gasteiger partial charge in [-0.25, -0.2) is 4.68 Å². The highest BCUT2D eigenvalue weighted by molar-refractivity contribution is 6.30. The summed E-state index contributed by atoms with van der Waals surface area (Å²) in [5.74, 6) is 1.31. The SMILES string of the molecule is COc1ccc(CN2CCC(CNC(=O)c3cnn(-c4cccc(Cl)c4)c3C)CC2)cc1. The van der Waals surface area contributed by atoms with Crippen LogP contribution in [-0.2, 0) is 6.54 Å². The molecule has 2 aromatic carbocycles. The van der Waals surface area contributed by atoms with E-state index in [2.05, 4.69) is 27.4 Å². The van der Waals surface area contributed by atoms with Crippen molar-refractivity contribution in [1.29, 1.82) is 0 Å². The van der Waals surface area contributed by atoms with Crippen LogP contribution in [0.2, 0.25) is 5.02 Å². The molecule has 168 valence electrons. The number of likely N-dealkylation sites (tertiary alicyclic amines) is 1. The standard InChI is InChI=1S/C25H29ClN4O2/c1-18-24(16-28-30(18)22-5-3-4-21(26)14-22)25(31)27-15-19-10-12-29(13-11-19)17-20-6-8-23(32-2)9-7-20/h3-9,14,16,19H,10-13,15,17H2,1-2H3,(H,27,31). The van der Waals surface area contributed by atoms with E-state index >= 15 is 0 Å². The van der Waals surface area contributed by atoms with E-state index in [-0.39, 0.29) is 5.91 Å². The van der Waals surface area contributed by atoms with Gasteiger partial charge in [0.15, 0.2) is 0 Å². The molecule has 0 spiro atoms. The van der Waals surface area contributed by atoms with Gasteiger partial charge in [-0.2, -0.15) is 5.10 Å². The Kier molecular flexibility index (Phi) is 7.12. The molecule has 0 atom stereocenters. The number of aromatic nitrogens is 2. The Morgan fingerprint density at radius 1 is 1.19 bits per heavy atom. The summed E-state index contributed by atoms with van der Waals surface area (Å²) in [7, 11) is 1.69. The van der Waals surface area contributed by atoms with E-state index in [0.29, 0.717) is 23.0 Å². The average Bonchev–Trinajstić information content (AvgIpc) is 3.20. The third kappa shape index (κ3) is 5.31. The highest BCUT2D eigenvalue weighted by Gasteiger charge is 2.21. The molecule has 0 radical (unpaired) electrons. The van der Waals surface area contributed by atoms with E-state index in [4.69, 9.17) is 16.3 Å². The Labute approximate surface area is 194 Å². The van der Waals surface area contributed by atoms with Gasteiger partial charge in [-0.15, -0.1) is 0 Å². The molecular formula is C25H29ClN4O2. The zero-order valence-corrected chi connectivity index (χ0v) is 19.3. The smallest absolute Gasteiger partial charge is 0.254 e. The number of halogens is 1. The maximum atomic E-state index is 12.8. The fourth-order valence-corrected chi connectivity index (χ4v) is 4.36. The Morgan fingerprint density at radius 3 is 2.62 bits per heavy atom. The molecule has 0 aliphatic carbocycles. The number of ether oxygens (including phenoxy) is 1. The molecule has 1 saturated heterocycles. The van der Waals surface area contributed by atoms with Crippen molar-refractivity contribution in [3.63, 3.8) is 0 Å². The van der Waals surface area contributed by atoms with E-state index in [1.165, 1.54) is 5.56 Å². The van der Waals surface area contributed by atoms with Crippen LogP contribution in [-0.4, -0.2) is 47.3 Å². The zero-order chi connectivity index (χ0) is 22.5. The van der Waals surface area contributed by atoms with Gasteiger partial charge in [0.05, 0.1) is 30.3 Å². The molecule has 0 bridgehead atoms. The molecule has 1 fully saturated rings. The molecule has 0 saturated carbocycles. The molecule has 1 amide bonds. The first-order chi connectivity index (χ1) is 15.5. The molecule has 1 aliphatic heterocycles. The number of nitrogens with zero attached hydrogens (tertiary/aromatic N) is 3. The van der Waals surface area contributed by atoms with Gasteiger partial charge in [0.25, 0.3) is 5.91 Å². The van der Waals surface area contributed by atoms with Gasteiger partial charge < -0.3 is 10.1 Å². The summed E-state index contributed by atoms with van der Waals surface area (Å²) in [4.78, 5) is 15.2. The van der Waals surface area contributed by atoms with Gasteiger partial charge in [-0.05, 0) is 74.7 Å². The van der Waals surface area contributed by atoms with Gasteiger partial charge in [0, 0.05) is 18.1 Å². The van der Waals surface area contributed by atoms with Gasteiger partial charge in [-0.1, -0.05) is 29.8 Å². The molecule has 1 N–H and O–H groups in total. The third-order valence-corrected chi connectivity index (χ3v) is 6.37. The van der Waals surface area contributed by atoms with Crippen LogP contribution in [0.4, 0.5) is 0 Å². The summed E-state index contributed by atoms with van der Waals surface area (Å²) in [5, 5.41) is 8.14. The predicted octanol–water partition coefficient (Wildman–Crippen LogP) is 4.48. The molecule has 2 heterocycles. The second-order valence-electron chi connectivity index (χ2n) is 8.31. The van der Waals surface area contributed by atoms with Crippen LogP contribution in [0, 0.1) is 12.8 Å². The number of methoxy groups -OCH3 is 1. The first-order valence-electron chi connectivity index (χ1n) is 11.0. The minimum atomic E-state index is -0.0727. The molecule has 1 aromatic heterocycles. The van der Waals surface area contributed by atoms with Crippen molar-refractivity contribution in [1.82, 2.24) is 20.0 Å². The highest BCUT2D eigenvalue weighted by Crippen LogP contribution is 2.21. The maximum Gasteiger partial charge on any atom is 0.254 e. The van der Waals surface area contributed by atoms with Crippen molar-refractivity contribution < 1.29 is 9.53 Å². The van der Waals surface area contributed by atoms with Crippen LogP contribution in [0.3, 0.4) is 0 Å². The molecule has 4 rings (SSSR count). The molecule has 32 heavy (non-hydrogen) atoms. The topological polar surface area (TPSA) is 59.4 Å². The first kappa shape index (κ1) is 22.4. The fourth-order valence-electron chi connectivity index (χ4n) is 4.17. The monoisotopic (exact) mass is 452 g/mol. The second kappa shape index (κ2) is 10.2. The molecule has 0 unspecified atom stereocenters. The van der Waals surface area contributed by atoms with Crippen LogP contribution < -0.4 is 10.1 Å². The van der Waals surface area contributed by atoms with E-state index < -0.39 is 0 Å². The Bertz CT molecular complexity index is 1060. The van der Waals surface area contributed by atoms with Crippen molar-refractivity contribution in [2.24, 2.45) is 5.92 Å². The van der Waals surface area contributed by atoms with Gasteiger partial charge in [-0.3, -0.25) is 9.69 Å². The molecular weight excluding hydrogens is 424 g/mol. The number of benzene rings is 2. The quantitative estimate of drug-likeness (QED) is 0.574. The summed E-state index contributed by atoms with van der Waals surface area (Å²) < 4.78 is 6.98. The minimum Gasteiger partial charge on any atom is -0.497 e. The molecule has 1 aliphatic rings. The summed E-state index contributed by atoms with van der Waals surface area (Å²) in [6.07, 6.45) is 3.79. The number of amides is 1. The van der Waals surface area contributed by atoms with Crippen molar-refractivity contribution in [3.05, 3.63) is 76.6 Å². The lowest BCUT2D eigenvalue weighted by Gasteiger charge is -2.32. The normalized spacial score (nSPS) is 15.0. The Morgan fingerprint density at radius 2 is 1.94 bits per heavy atom. The number of piperidine rings is 1. The molecule has 7 heteroatoms. The fraction of sp³-hybridized carbons (Fsp3) is 0.360. The Balaban J connectivity index is 1.26. The number of carbonyl (C=O) groups excluding carboxylic acids is 1. The lowest BCUT2D eigenvalue weighted by molar-refractivity contribution is 0.0934. The number of nitrogens with one attached hydrogen (secondary N) is 1. The Hall–Kier alpha value is -2.83. The predicted molar refractivity (Wildman–Crippen MR) is 127 cm³/mol. The summed E-state index contributed by atoms with van der Waals surface area (Å²) in [6, 6.07) is 15.7. The van der Waals surface area contributed by atoms with Crippen molar-refractivity contribution in [2.75, 3.05) is 26.7 Å². The number of hydrogen-bond acceptors (Lipinski definition) is 4. The highest BCUT2D eigenvalue weighted by atomic mass is 35.5. The number of rotatable bonds is 7. The number of carbonyl (C=O) groups is 1. The zero-order valence-electron chi connectivity index (χ0n) is 18.6. The molecule has 3 aromatic rings. The summed E-state index contributed by atoms with van der Waals surface area (Å²) in [5.41, 5.74) is 3.55. The maximum absolute atomic E-state index is 12.8. The van der Waals surface area contributed by atoms with E-state index in [1.807, 2.05) is 43.3 Å². The number of hydrogen-bond donors (Lipinski definition) is 1. The third-order valence-electron chi connectivity index (χ3n) is 6.13. The van der Waals surface area contributed by atoms with Gasteiger partial charge in [0.1, 0.15) is 5.75 Å². The van der Waals surface area contributed by atoms with Gasteiger partial charge in [0.2, 0.25) is 0 Å². The lowest BCUT2D eigenvalue weighted by atomic mass is 9.96. The van der Waals surface area contributed by atoms with Crippen LogP contribution in [0.1, 0.15) is 34.5 Å². The minimum absolute atomic E-state index is 0.0727. The van der Waals surface area contributed by atoms with Gasteiger partial charge >= 0.3 is 0 Å². The van der Waals surface area contributed by atoms with E-state index in [1.54, 1.807) is 18.0 Å². The van der Waals surface area contributed by atoms with Crippen LogP contribution in [0.25, 0.3) is 5.69 Å². The van der Waals surface area contributed by atoms with Crippen molar-refractivity contribution >= 4 is 17.5 Å². The summed E-state index contributed by atoms with van der Waals surface area (Å²) >= 11 is 6.09. The molecule has 6 nitrogen and oxygen atoms in total. The van der Waals surface area contributed by atoms with Crippen LogP contribution in [0.15, 0.2) is 54.7 Å². The van der Waals surface area contributed by atoms with Crippen LogP contribution >= 0.6 is 11.6 Å².